The van der Waals surface area contributed by atoms with E-state index < -0.39 is 0 Å². The Morgan fingerprint density at radius 3 is 2.58 bits per heavy atom. The van der Waals surface area contributed by atoms with Crippen molar-refractivity contribution in [1.29, 1.82) is 0 Å². The van der Waals surface area contributed by atoms with Crippen LogP contribution in [0, 0.1) is 11.3 Å². The summed E-state index contributed by atoms with van der Waals surface area (Å²) in [5.41, 5.74) is 0.234. The van der Waals surface area contributed by atoms with E-state index >= 15 is 0 Å². The van der Waals surface area contributed by atoms with Crippen molar-refractivity contribution in [3.8, 4) is 0 Å². The minimum Gasteiger partial charge on any atom is -0.299 e. The highest BCUT2D eigenvalue weighted by molar-refractivity contribution is 5.82. The van der Waals surface area contributed by atoms with Crippen LogP contribution in [0.1, 0.15) is 52.9 Å². The first-order valence-corrected chi connectivity index (χ1v) is 5.10. The average molecular weight is 168 g/mol. The van der Waals surface area contributed by atoms with E-state index in [1.165, 1.54) is 6.42 Å². The third kappa shape index (κ3) is 1.88. The van der Waals surface area contributed by atoms with Gasteiger partial charge >= 0.3 is 0 Å². The minimum absolute atomic E-state index is 0.234. The van der Waals surface area contributed by atoms with Gasteiger partial charge in [0.2, 0.25) is 0 Å². The average Bonchev–Trinajstić information content (AvgIpc) is 2.05. The van der Waals surface area contributed by atoms with E-state index in [1.54, 1.807) is 0 Å². The lowest BCUT2D eigenvalue weighted by molar-refractivity contribution is -0.128. The van der Waals surface area contributed by atoms with E-state index in [-0.39, 0.29) is 5.41 Å². The number of carbonyl (C=O) groups excluding carboxylic acids is 1. The molecule has 0 radical (unpaired) electrons. The summed E-state index contributed by atoms with van der Waals surface area (Å²) >= 11 is 0. The molecule has 1 heteroatoms. The molecule has 1 rings (SSSR count). The maximum absolute atomic E-state index is 11.6. The van der Waals surface area contributed by atoms with Gasteiger partial charge in [0.05, 0.1) is 0 Å². The second kappa shape index (κ2) is 3.59. The first-order valence-electron chi connectivity index (χ1n) is 5.10. The van der Waals surface area contributed by atoms with Crippen LogP contribution in [0.3, 0.4) is 0 Å². The Balaban J connectivity index is 2.65. The fourth-order valence-electron chi connectivity index (χ4n) is 2.06. The maximum atomic E-state index is 11.6. The van der Waals surface area contributed by atoms with Crippen molar-refractivity contribution in [2.75, 3.05) is 0 Å². The van der Waals surface area contributed by atoms with Crippen LogP contribution >= 0.6 is 0 Å². The van der Waals surface area contributed by atoms with Gasteiger partial charge in [-0.3, -0.25) is 4.79 Å². The second-order valence-electron chi connectivity index (χ2n) is 4.61. The number of rotatable bonds is 2. The van der Waals surface area contributed by atoms with Crippen LogP contribution in [0.2, 0.25) is 0 Å². The van der Waals surface area contributed by atoms with Gasteiger partial charge in [-0.15, -0.1) is 0 Å². The van der Waals surface area contributed by atoms with Crippen molar-refractivity contribution in [2.24, 2.45) is 11.3 Å². The summed E-state index contributed by atoms with van der Waals surface area (Å²) in [7, 11) is 0. The van der Waals surface area contributed by atoms with Crippen molar-refractivity contribution in [3.05, 3.63) is 0 Å². The zero-order valence-electron chi connectivity index (χ0n) is 8.52. The van der Waals surface area contributed by atoms with Crippen LogP contribution in [0.25, 0.3) is 0 Å². The summed E-state index contributed by atoms with van der Waals surface area (Å²) in [6.07, 6.45) is 5.44. The quantitative estimate of drug-likeness (QED) is 0.619. The lowest BCUT2D eigenvalue weighted by Gasteiger charge is -2.34. The number of hydrogen-bond acceptors (Lipinski definition) is 1. The maximum Gasteiger partial charge on any atom is 0.136 e. The highest BCUT2D eigenvalue weighted by atomic mass is 16.1. The summed E-state index contributed by atoms with van der Waals surface area (Å²) in [4.78, 5) is 11.6. The molecular weight excluding hydrogens is 148 g/mol. The Bertz CT molecular complexity index is 170. The van der Waals surface area contributed by atoms with Crippen molar-refractivity contribution in [3.63, 3.8) is 0 Å². The predicted octanol–water partition coefficient (Wildman–Crippen LogP) is 3.18. The molecule has 0 bridgehead atoms. The molecule has 1 fully saturated rings. The van der Waals surface area contributed by atoms with Gasteiger partial charge in [-0.1, -0.05) is 33.6 Å². The van der Waals surface area contributed by atoms with E-state index in [0.29, 0.717) is 11.7 Å². The van der Waals surface area contributed by atoms with Gasteiger partial charge in [0.1, 0.15) is 5.78 Å². The van der Waals surface area contributed by atoms with Gasteiger partial charge < -0.3 is 0 Å². The first kappa shape index (κ1) is 9.76. The zero-order chi connectivity index (χ0) is 9.19. The molecule has 0 aliphatic heterocycles. The number of carbonyl (C=O) groups is 1. The van der Waals surface area contributed by atoms with Crippen LogP contribution < -0.4 is 0 Å². The standard InChI is InChI=1S/C11H20O/c1-4-11(2,3)9-7-5-6-8-10(9)12/h9H,4-8H2,1-3H3. The summed E-state index contributed by atoms with van der Waals surface area (Å²) in [5, 5.41) is 0. The molecule has 0 aromatic heterocycles. The molecule has 1 aliphatic carbocycles. The Hall–Kier alpha value is -0.330. The SMILES string of the molecule is CCC(C)(C)C1CCCCC1=O. The molecule has 1 unspecified atom stereocenters. The van der Waals surface area contributed by atoms with E-state index in [9.17, 15) is 4.79 Å². The fourth-order valence-corrected chi connectivity index (χ4v) is 2.06. The Morgan fingerprint density at radius 2 is 2.08 bits per heavy atom. The first-order chi connectivity index (χ1) is 5.58. The number of Topliss-reactive ketones (excluding diaryl/α,β-unsaturated/α-hetero) is 1. The summed E-state index contributed by atoms with van der Waals surface area (Å²) in [6, 6.07) is 0. The van der Waals surface area contributed by atoms with Gasteiger partial charge in [0.25, 0.3) is 0 Å². The van der Waals surface area contributed by atoms with Crippen molar-refractivity contribution in [2.45, 2.75) is 52.9 Å². The van der Waals surface area contributed by atoms with Crippen LogP contribution in [-0.2, 0) is 4.79 Å². The molecule has 1 aliphatic rings. The summed E-state index contributed by atoms with van der Waals surface area (Å²) in [6.45, 7) is 6.63. The third-order valence-corrected chi connectivity index (χ3v) is 3.41. The topological polar surface area (TPSA) is 17.1 Å². The predicted molar refractivity (Wildman–Crippen MR) is 51.0 cm³/mol. The molecule has 0 spiro atoms. The lowest BCUT2D eigenvalue weighted by Crippen LogP contribution is -2.32. The van der Waals surface area contributed by atoms with Gasteiger partial charge in [0, 0.05) is 12.3 Å². The molecule has 70 valence electrons. The lowest BCUT2D eigenvalue weighted by atomic mass is 9.69. The smallest absolute Gasteiger partial charge is 0.136 e. The van der Waals surface area contributed by atoms with Crippen LogP contribution in [0.4, 0.5) is 0 Å². The highest BCUT2D eigenvalue weighted by Gasteiger charge is 2.34. The molecule has 0 heterocycles. The summed E-state index contributed by atoms with van der Waals surface area (Å²) < 4.78 is 0. The Labute approximate surface area is 75.5 Å². The van der Waals surface area contributed by atoms with Gasteiger partial charge in [-0.25, -0.2) is 0 Å². The van der Waals surface area contributed by atoms with Crippen molar-refractivity contribution in [1.82, 2.24) is 0 Å². The molecule has 1 nitrogen and oxygen atoms in total. The third-order valence-electron chi connectivity index (χ3n) is 3.41. The molecular formula is C11H20O. The normalized spacial score (nSPS) is 25.9. The largest absolute Gasteiger partial charge is 0.299 e. The van der Waals surface area contributed by atoms with E-state index in [4.69, 9.17) is 0 Å². The van der Waals surface area contributed by atoms with Gasteiger partial charge in [0.15, 0.2) is 0 Å². The van der Waals surface area contributed by atoms with Crippen LogP contribution in [0.5, 0.6) is 0 Å². The van der Waals surface area contributed by atoms with Crippen molar-refractivity contribution < 1.29 is 4.79 Å². The Morgan fingerprint density at radius 1 is 1.42 bits per heavy atom. The molecule has 1 atom stereocenters. The highest BCUT2D eigenvalue weighted by Crippen LogP contribution is 2.38. The van der Waals surface area contributed by atoms with Gasteiger partial charge in [-0.05, 0) is 18.3 Å². The summed E-state index contributed by atoms with van der Waals surface area (Å²) in [5.74, 6) is 0.851. The van der Waals surface area contributed by atoms with Crippen LogP contribution in [0.15, 0.2) is 0 Å². The van der Waals surface area contributed by atoms with Gasteiger partial charge in [-0.2, -0.15) is 0 Å². The monoisotopic (exact) mass is 168 g/mol. The number of hydrogen-bond donors (Lipinski definition) is 0. The van der Waals surface area contributed by atoms with E-state index in [1.807, 2.05) is 0 Å². The Kier molecular flexibility index (Phi) is 2.92. The molecule has 1 saturated carbocycles. The van der Waals surface area contributed by atoms with Crippen LogP contribution in [-0.4, -0.2) is 5.78 Å². The molecule has 0 N–H and O–H groups in total. The fraction of sp³-hybridized carbons (Fsp3) is 0.909. The zero-order valence-corrected chi connectivity index (χ0v) is 8.52. The van der Waals surface area contributed by atoms with Crippen molar-refractivity contribution >= 4 is 5.78 Å². The molecule has 0 saturated heterocycles. The van der Waals surface area contributed by atoms with E-state index in [0.717, 1.165) is 25.7 Å². The van der Waals surface area contributed by atoms with E-state index in [2.05, 4.69) is 20.8 Å². The molecule has 0 aromatic carbocycles. The second-order valence-corrected chi connectivity index (χ2v) is 4.61. The molecule has 0 amide bonds. The number of ketones is 1. The minimum atomic E-state index is 0.234. The molecule has 12 heavy (non-hydrogen) atoms. The molecule has 0 aromatic rings.